The van der Waals surface area contributed by atoms with Crippen molar-refractivity contribution in [1.82, 2.24) is 20.6 Å². The second-order valence-electron chi connectivity index (χ2n) is 7.56. The topological polar surface area (TPSA) is 87.1 Å². The fourth-order valence-electron chi connectivity index (χ4n) is 4.35. The van der Waals surface area contributed by atoms with Gasteiger partial charge in [-0.15, -0.1) is 0 Å². The van der Waals surface area contributed by atoms with Crippen LogP contribution in [0.3, 0.4) is 0 Å². The number of benzene rings is 1. The summed E-state index contributed by atoms with van der Waals surface area (Å²) >= 11 is 0. The summed E-state index contributed by atoms with van der Waals surface area (Å²) < 4.78 is 0. The number of carbonyl (C=O) groups excluding carboxylic acids is 1. The normalized spacial score (nSPS) is 25.1. The molecule has 1 aliphatic heterocycles. The van der Waals surface area contributed by atoms with Crippen LogP contribution in [0.4, 0.5) is 0 Å². The molecule has 6 heteroatoms. The number of aliphatic hydroxyl groups is 1. The smallest absolute Gasteiger partial charge is 0.223 e. The third kappa shape index (κ3) is 3.87. The monoisotopic (exact) mass is 366 g/mol. The average molecular weight is 366 g/mol. The molecule has 1 amide bonds. The van der Waals surface area contributed by atoms with E-state index in [1.165, 1.54) is 11.9 Å². The first-order chi connectivity index (χ1) is 13.3. The van der Waals surface area contributed by atoms with Gasteiger partial charge in [-0.3, -0.25) is 4.79 Å². The molecule has 1 aliphatic carbocycles. The zero-order valence-corrected chi connectivity index (χ0v) is 15.3. The van der Waals surface area contributed by atoms with Crippen molar-refractivity contribution in [3.05, 3.63) is 48.5 Å². The molecule has 142 valence electrons. The third-order valence-electron chi connectivity index (χ3n) is 5.90. The summed E-state index contributed by atoms with van der Waals surface area (Å²) in [7, 11) is 0. The summed E-state index contributed by atoms with van der Waals surface area (Å²) in [6, 6.07) is 8.51. The zero-order chi connectivity index (χ0) is 18.6. The predicted octanol–water partition coefficient (Wildman–Crippen LogP) is 1.87. The van der Waals surface area contributed by atoms with E-state index in [0.29, 0.717) is 6.54 Å². The van der Waals surface area contributed by atoms with E-state index in [2.05, 4.69) is 44.9 Å². The second kappa shape index (κ2) is 8.15. The average Bonchev–Trinajstić information content (AvgIpc) is 3.23. The molecule has 3 N–H and O–H groups in total. The number of nitrogens with one attached hydrogen (secondary N) is 2. The van der Waals surface area contributed by atoms with E-state index in [9.17, 15) is 9.90 Å². The van der Waals surface area contributed by atoms with Gasteiger partial charge in [0.1, 0.15) is 6.33 Å². The molecular weight excluding hydrogens is 340 g/mol. The molecule has 0 spiro atoms. The van der Waals surface area contributed by atoms with Crippen LogP contribution in [0.1, 0.15) is 37.2 Å². The maximum atomic E-state index is 12.3. The Labute approximate surface area is 159 Å². The van der Waals surface area contributed by atoms with Crippen LogP contribution in [0.2, 0.25) is 0 Å². The Hall–Kier alpha value is -2.31. The van der Waals surface area contributed by atoms with Crippen LogP contribution in [0.5, 0.6) is 0 Å². The van der Waals surface area contributed by atoms with Crippen LogP contribution in [0.15, 0.2) is 43.0 Å². The SMILES string of the molecule is O=C(NC[C@H]1N[C@H](CO)[C@@H]1c1ccc(-c2cncnc2)cc1)C1CCCC1. The molecule has 1 aromatic carbocycles. The van der Waals surface area contributed by atoms with Crippen molar-refractivity contribution in [1.29, 1.82) is 0 Å². The Bertz CT molecular complexity index is 760. The molecule has 2 aliphatic rings. The van der Waals surface area contributed by atoms with Crippen LogP contribution in [-0.2, 0) is 4.79 Å². The Morgan fingerprint density at radius 2 is 1.78 bits per heavy atom. The predicted molar refractivity (Wildman–Crippen MR) is 103 cm³/mol. The van der Waals surface area contributed by atoms with E-state index >= 15 is 0 Å². The number of amides is 1. The fourth-order valence-corrected chi connectivity index (χ4v) is 4.35. The molecule has 2 heterocycles. The molecule has 2 fully saturated rings. The number of aromatic nitrogens is 2. The maximum absolute atomic E-state index is 12.3. The summed E-state index contributed by atoms with van der Waals surface area (Å²) in [5.74, 6) is 0.560. The van der Waals surface area contributed by atoms with E-state index in [1.54, 1.807) is 12.4 Å². The Morgan fingerprint density at radius 3 is 2.44 bits per heavy atom. The summed E-state index contributed by atoms with van der Waals surface area (Å²) in [6.07, 6.45) is 9.46. The molecule has 1 aromatic heterocycles. The van der Waals surface area contributed by atoms with E-state index in [-0.39, 0.29) is 36.4 Å². The van der Waals surface area contributed by atoms with Gasteiger partial charge in [-0.25, -0.2) is 9.97 Å². The van der Waals surface area contributed by atoms with E-state index in [4.69, 9.17) is 0 Å². The van der Waals surface area contributed by atoms with E-state index < -0.39 is 0 Å². The Morgan fingerprint density at radius 1 is 1.07 bits per heavy atom. The van der Waals surface area contributed by atoms with Gasteiger partial charge in [0.2, 0.25) is 5.91 Å². The van der Waals surface area contributed by atoms with Gasteiger partial charge in [-0.05, 0) is 24.0 Å². The number of carbonyl (C=O) groups is 1. The number of aliphatic hydroxyl groups excluding tert-OH is 1. The van der Waals surface area contributed by atoms with Crippen molar-refractivity contribution in [3.8, 4) is 11.1 Å². The lowest BCUT2D eigenvalue weighted by Crippen LogP contribution is -2.64. The maximum Gasteiger partial charge on any atom is 0.223 e. The Balaban J connectivity index is 1.41. The van der Waals surface area contributed by atoms with E-state index in [1.807, 2.05) is 0 Å². The largest absolute Gasteiger partial charge is 0.395 e. The van der Waals surface area contributed by atoms with Crippen molar-refractivity contribution >= 4 is 5.91 Å². The highest BCUT2D eigenvalue weighted by molar-refractivity contribution is 5.78. The van der Waals surface area contributed by atoms with Crippen LogP contribution < -0.4 is 10.6 Å². The molecule has 0 bridgehead atoms. The fraction of sp³-hybridized carbons (Fsp3) is 0.476. The minimum Gasteiger partial charge on any atom is -0.395 e. The van der Waals surface area contributed by atoms with Crippen molar-refractivity contribution in [2.75, 3.05) is 13.2 Å². The highest BCUT2D eigenvalue weighted by atomic mass is 16.3. The van der Waals surface area contributed by atoms with Gasteiger partial charge in [0.25, 0.3) is 0 Å². The van der Waals surface area contributed by atoms with E-state index in [0.717, 1.165) is 36.8 Å². The first-order valence-corrected chi connectivity index (χ1v) is 9.76. The number of nitrogens with zero attached hydrogens (tertiary/aromatic N) is 2. The van der Waals surface area contributed by atoms with Gasteiger partial charge < -0.3 is 15.7 Å². The summed E-state index contributed by atoms with van der Waals surface area (Å²) in [5.41, 5.74) is 3.22. The second-order valence-corrected chi connectivity index (χ2v) is 7.56. The first kappa shape index (κ1) is 18.1. The lowest BCUT2D eigenvalue weighted by atomic mass is 9.77. The van der Waals surface area contributed by atoms with Crippen molar-refractivity contribution in [2.24, 2.45) is 5.92 Å². The molecule has 0 unspecified atom stereocenters. The number of rotatable bonds is 6. The van der Waals surface area contributed by atoms with Crippen LogP contribution in [0.25, 0.3) is 11.1 Å². The van der Waals surface area contributed by atoms with Crippen molar-refractivity contribution < 1.29 is 9.90 Å². The van der Waals surface area contributed by atoms with Crippen molar-refractivity contribution in [3.63, 3.8) is 0 Å². The minimum absolute atomic E-state index is 0.0318. The molecule has 0 radical (unpaired) electrons. The molecule has 1 saturated carbocycles. The molecule has 3 atom stereocenters. The van der Waals surface area contributed by atoms with Crippen LogP contribution in [-0.4, -0.2) is 46.2 Å². The summed E-state index contributed by atoms with van der Waals surface area (Å²) in [6.45, 7) is 0.691. The van der Waals surface area contributed by atoms with Crippen molar-refractivity contribution in [2.45, 2.75) is 43.7 Å². The first-order valence-electron chi connectivity index (χ1n) is 9.76. The minimum atomic E-state index is 0.0318. The highest BCUT2D eigenvalue weighted by Crippen LogP contribution is 2.33. The lowest BCUT2D eigenvalue weighted by Gasteiger charge is -2.46. The van der Waals surface area contributed by atoms with Gasteiger partial charge >= 0.3 is 0 Å². The Kier molecular flexibility index (Phi) is 5.45. The molecule has 2 aromatic rings. The summed E-state index contributed by atoms with van der Waals surface area (Å²) in [5, 5.41) is 16.1. The molecule has 1 saturated heterocycles. The lowest BCUT2D eigenvalue weighted by molar-refractivity contribution is -0.125. The molecule has 4 rings (SSSR count). The highest BCUT2D eigenvalue weighted by Gasteiger charge is 2.41. The van der Waals surface area contributed by atoms with Gasteiger partial charge in [0.05, 0.1) is 6.61 Å². The molecule has 6 nitrogen and oxygen atoms in total. The standard InChI is InChI=1S/C21H26N4O2/c26-12-19-20(18(25-19)11-24-21(27)16-3-1-2-4-16)15-7-5-14(6-8-15)17-9-22-13-23-10-17/h5-10,13,16,18-20,25-26H,1-4,11-12H2,(H,24,27)/t18-,19-,20-/m1/s1. The van der Waals surface area contributed by atoms with Gasteiger partial charge in [0, 0.05) is 48.4 Å². The van der Waals surface area contributed by atoms with Crippen LogP contribution >= 0.6 is 0 Å². The molecule has 27 heavy (non-hydrogen) atoms. The number of hydrogen-bond acceptors (Lipinski definition) is 5. The zero-order valence-electron chi connectivity index (χ0n) is 15.3. The molecular formula is C21H26N4O2. The summed E-state index contributed by atoms with van der Waals surface area (Å²) in [4.78, 5) is 20.4. The van der Waals surface area contributed by atoms with Crippen LogP contribution in [0, 0.1) is 5.92 Å². The third-order valence-corrected chi connectivity index (χ3v) is 5.90. The van der Waals surface area contributed by atoms with Gasteiger partial charge in [0.15, 0.2) is 0 Å². The van der Waals surface area contributed by atoms with Gasteiger partial charge in [-0.2, -0.15) is 0 Å². The quantitative estimate of drug-likeness (QED) is 0.726. The number of hydrogen-bond donors (Lipinski definition) is 3. The van der Waals surface area contributed by atoms with Gasteiger partial charge in [-0.1, -0.05) is 37.1 Å².